The van der Waals surface area contributed by atoms with Crippen molar-refractivity contribution in [3.05, 3.63) is 28.2 Å². The second kappa shape index (κ2) is 5.25. The number of nitrogens with zero attached hydrogens (tertiary/aromatic N) is 1. The number of hydrogen-bond acceptors (Lipinski definition) is 1. The van der Waals surface area contributed by atoms with Crippen LogP contribution in [-0.2, 0) is 0 Å². The Bertz CT molecular complexity index is 396. The Hall–Kier alpha value is -1.17. The summed E-state index contributed by atoms with van der Waals surface area (Å²) >= 11 is 2.98. The molecule has 16 heavy (non-hydrogen) atoms. The molecule has 0 aromatic heterocycles. The highest BCUT2D eigenvalue weighted by molar-refractivity contribution is 9.10. The first-order valence-electron chi connectivity index (χ1n) is 4.65. The molecule has 3 N–H and O–H groups in total. The van der Waals surface area contributed by atoms with Crippen LogP contribution in [0.4, 0.5) is 14.5 Å². The van der Waals surface area contributed by atoms with Gasteiger partial charge in [-0.2, -0.15) is 0 Å². The van der Waals surface area contributed by atoms with Gasteiger partial charge in [0, 0.05) is 10.5 Å². The van der Waals surface area contributed by atoms with Crippen molar-refractivity contribution < 1.29 is 8.78 Å². The third kappa shape index (κ3) is 3.44. The molecule has 0 aliphatic heterocycles. The van der Waals surface area contributed by atoms with Crippen molar-refractivity contribution in [1.29, 1.82) is 0 Å². The smallest absolute Gasteiger partial charge is 0.193 e. The molecule has 0 heterocycles. The van der Waals surface area contributed by atoms with E-state index in [1.54, 1.807) is 0 Å². The van der Waals surface area contributed by atoms with Gasteiger partial charge < -0.3 is 11.1 Å². The van der Waals surface area contributed by atoms with Gasteiger partial charge >= 0.3 is 0 Å². The Kier molecular flexibility index (Phi) is 4.23. The quantitative estimate of drug-likeness (QED) is 0.650. The molecule has 0 amide bonds. The topological polar surface area (TPSA) is 50.4 Å². The summed E-state index contributed by atoms with van der Waals surface area (Å²) in [5, 5.41) is 2.39. The van der Waals surface area contributed by atoms with Crippen molar-refractivity contribution in [3.8, 4) is 0 Å². The molecule has 0 aliphatic rings. The summed E-state index contributed by atoms with van der Waals surface area (Å²) in [5.74, 6) is -1.47. The van der Waals surface area contributed by atoms with Crippen LogP contribution in [0.3, 0.4) is 0 Å². The second-order valence-corrected chi connectivity index (χ2v) is 4.39. The van der Waals surface area contributed by atoms with Crippen LogP contribution in [0, 0.1) is 11.6 Å². The minimum absolute atomic E-state index is 0.0184. The predicted molar refractivity (Wildman–Crippen MR) is 64.4 cm³/mol. The van der Waals surface area contributed by atoms with Gasteiger partial charge in [-0.05, 0) is 26.0 Å². The molecule has 0 bridgehead atoms. The average Bonchev–Trinajstić information content (AvgIpc) is 2.09. The molecule has 0 atom stereocenters. The molecule has 0 saturated heterocycles. The van der Waals surface area contributed by atoms with Gasteiger partial charge in [-0.15, -0.1) is 0 Å². The lowest BCUT2D eigenvalue weighted by atomic mass is 10.3. The lowest BCUT2D eigenvalue weighted by Gasteiger charge is -2.09. The van der Waals surface area contributed by atoms with Crippen molar-refractivity contribution in [3.63, 3.8) is 0 Å². The maximum atomic E-state index is 13.4. The minimum Gasteiger partial charge on any atom is -0.370 e. The number of rotatable bonds is 2. The van der Waals surface area contributed by atoms with Crippen molar-refractivity contribution in [2.45, 2.75) is 19.9 Å². The van der Waals surface area contributed by atoms with Crippen molar-refractivity contribution in [2.75, 3.05) is 5.32 Å². The molecular formula is C10H12BrF2N3. The molecule has 1 rings (SSSR count). The van der Waals surface area contributed by atoms with Crippen LogP contribution in [-0.4, -0.2) is 12.0 Å². The lowest BCUT2D eigenvalue weighted by molar-refractivity contribution is 0.589. The first-order chi connectivity index (χ1) is 7.40. The summed E-state index contributed by atoms with van der Waals surface area (Å²) < 4.78 is 27.1. The molecule has 1 aromatic carbocycles. The van der Waals surface area contributed by atoms with Gasteiger partial charge in [0.25, 0.3) is 0 Å². The fourth-order valence-electron chi connectivity index (χ4n) is 1.10. The first kappa shape index (κ1) is 12.9. The number of benzene rings is 1. The van der Waals surface area contributed by atoms with Crippen molar-refractivity contribution in [2.24, 2.45) is 10.7 Å². The van der Waals surface area contributed by atoms with Gasteiger partial charge in [0.05, 0.1) is 0 Å². The molecule has 0 fully saturated rings. The second-order valence-electron chi connectivity index (χ2n) is 3.48. The van der Waals surface area contributed by atoms with Gasteiger partial charge in [-0.1, -0.05) is 15.9 Å². The molecule has 6 heteroatoms. The Morgan fingerprint density at radius 2 is 1.88 bits per heavy atom. The fourth-order valence-corrected chi connectivity index (χ4v) is 1.50. The van der Waals surface area contributed by atoms with Crippen LogP contribution >= 0.6 is 15.9 Å². The molecule has 0 aliphatic carbocycles. The van der Waals surface area contributed by atoms with Gasteiger partial charge in [-0.25, -0.2) is 8.78 Å². The summed E-state index contributed by atoms with van der Waals surface area (Å²) in [4.78, 5) is 3.92. The van der Waals surface area contributed by atoms with Crippen LogP contribution in [0.15, 0.2) is 21.6 Å². The van der Waals surface area contributed by atoms with E-state index in [1.165, 1.54) is 0 Å². The Labute approximate surface area is 101 Å². The van der Waals surface area contributed by atoms with E-state index in [0.717, 1.165) is 12.1 Å². The van der Waals surface area contributed by atoms with E-state index >= 15 is 0 Å². The number of guanidine groups is 1. The van der Waals surface area contributed by atoms with Crippen LogP contribution in [0.5, 0.6) is 0 Å². The van der Waals surface area contributed by atoms with Gasteiger partial charge in [-0.3, -0.25) is 4.99 Å². The Balaban J connectivity index is 2.98. The Morgan fingerprint density at radius 1 is 1.38 bits per heavy atom. The molecular weight excluding hydrogens is 280 g/mol. The first-order valence-corrected chi connectivity index (χ1v) is 5.44. The van der Waals surface area contributed by atoms with Crippen LogP contribution in [0.25, 0.3) is 0 Å². The van der Waals surface area contributed by atoms with Crippen LogP contribution in [0.1, 0.15) is 13.8 Å². The third-order valence-electron chi connectivity index (χ3n) is 1.66. The molecule has 1 aromatic rings. The molecule has 0 radical (unpaired) electrons. The normalized spacial score (nSPS) is 12.0. The van der Waals surface area contributed by atoms with Crippen molar-refractivity contribution in [1.82, 2.24) is 0 Å². The largest absolute Gasteiger partial charge is 0.370 e. The number of anilines is 1. The standard InChI is InChI=1S/C10H12BrF2N3/c1-5(2)15-10(14)16-9-7(12)3-6(11)4-8(9)13/h3-5H,1-2H3,(H3,14,15,16). The number of halogens is 3. The van der Waals surface area contributed by atoms with Crippen LogP contribution in [0.2, 0.25) is 0 Å². The average molecular weight is 292 g/mol. The zero-order chi connectivity index (χ0) is 12.3. The lowest BCUT2D eigenvalue weighted by Crippen LogP contribution is -2.25. The zero-order valence-electron chi connectivity index (χ0n) is 8.89. The summed E-state index contributed by atoms with van der Waals surface area (Å²) in [5.41, 5.74) is 5.18. The summed E-state index contributed by atoms with van der Waals surface area (Å²) in [6.45, 7) is 3.62. The fraction of sp³-hybridized carbons (Fsp3) is 0.300. The van der Waals surface area contributed by atoms with Crippen LogP contribution < -0.4 is 11.1 Å². The van der Waals surface area contributed by atoms with Gasteiger partial charge in [0.15, 0.2) is 17.6 Å². The van der Waals surface area contributed by atoms with E-state index < -0.39 is 11.6 Å². The molecule has 0 spiro atoms. The van der Waals surface area contributed by atoms with E-state index in [1.807, 2.05) is 13.8 Å². The van der Waals surface area contributed by atoms with E-state index in [4.69, 9.17) is 5.73 Å². The monoisotopic (exact) mass is 291 g/mol. The molecule has 0 saturated carbocycles. The van der Waals surface area contributed by atoms with E-state index in [9.17, 15) is 8.78 Å². The SMILES string of the molecule is CC(C)N=C(N)Nc1c(F)cc(Br)cc1F. The Morgan fingerprint density at radius 3 is 2.31 bits per heavy atom. The highest BCUT2D eigenvalue weighted by Crippen LogP contribution is 2.23. The summed E-state index contributed by atoms with van der Waals surface area (Å²) in [6, 6.07) is 2.25. The molecule has 88 valence electrons. The van der Waals surface area contributed by atoms with Gasteiger partial charge in [0.2, 0.25) is 0 Å². The van der Waals surface area contributed by atoms with E-state index in [2.05, 4.69) is 26.2 Å². The number of nitrogens with two attached hydrogens (primary N) is 1. The molecule has 0 unspecified atom stereocenters. The number of nitrogens with one attached hydrogen (secondary N) is 1. The van der Waals surface area contributed by atoms with Gasteiger partial charge in [0.1, 0.15) is 5.69 Å². The summed E-state index contributed by atoms with van der Waals surface area (Å²) in [6.07, 6.45) is 0. The number of aliphatic imine (C=N–C) groups is 1. The highest BCUT2D eigenvalue weighted by atomic mass is 79.9. The zero-order valence-corrected chi connectivity index (χ0v) is 10.5. The van der Waals surface area contributed by atoms with E-state index in [0.29, 0.717) is 4.47 Å². The van der Waals surface area contributed by atoms with Crippen molar-refractivity contribution >= 4 is 27.6 Å². The molecule has 3 nitrogen and oxygen atoms in total. The maximum Gasteiger partial charge on any atom is 0.193 e. The predicted octanol–water partition coefficient (Wildman–Crippen LogP) is 2.86. The summed E-state index contributed by atoms with van der Waals surface area (Å²) in [7, 11) is 0. The van der Waals surface area contributed by atoms with E-state index in [-0.39, 0.29) is 17.7 Å². The minimum atomic E-state index is -0.728. The highest BCUT2D eigenvalue weighted by Gasteiger charge is 2.11. The third-order valence-corrected chi connectivity index (χ3v) is 2.12. The maximum absolute atomic E-state index is 13.4. The number of hydrogen-bond donors (Lipinski definition) is 2.